The summed E-state index contributed by atoms with van der Waals surface area (Å²) in [5.41, 5.74) is 0.924. The molecule has 0 N–H and O–H groups in total. The lowest BCUT2D eigenvalue weighted by Gasteiger charge is -2.25. The Morgan fingerprint density at radius 3 is 2.56 bits per heavy atom. The molecule has 3 aliphatic rings. The standard InChI is InChI=1S/C19H22N2O4/c1-12-16-15(21(17(12)22)18(23)14-7-8-14)9-10-20(16)19(24)25-11-13-5-3-2-4-6-13/h2-6,12,14-16H,7-11H2,1H3/t12-,15-,16+/m1/s1. The van der Waals surface area contributed by atoms with E-state index in [4.69, 9.17) is 4.74 Å². The Morgan fingerprint density at radius 1 is 1.16 bits per heavy atom. The number of benzene rings is 1. The zero-order valence-corrected chi connectivity index (χ0v) is 14.3. The Bertz CT molecular complexity index is 701. The van der Waals surface area contributed by atoms with Gasteiger partial charge in [0.05, 0.1) is 18.0 Å². The number of amides is 3. The molecule has 3 amide bonds. The molecule has 3 atom stereocenters. The minimum atomic E-state index is -0.406. The minimum absolute atomic E-state index is 0.00832. The maximum Gasteiger partial charge on any atom is 0.410 e. The number of hydrogen-bond donors (Lipinski definition) is 0. The molecule has 0 spiro atoms. The molecule has 1 aromatic carbocycles. The number of carbonyl (C=O) groups excluding carboxylic acids is 3. The fourth-order valence-corrected chi connectivity index (χ4v) is 4.03. The van der Waals surface area contributed by atoms with E-state index in [9.17, 15) is 14.4 Å². The topological polar surface area (TPSA) is 66.9 Å². The van der Waals surface area contributed by atoms with Crippen molar-refractivity contribution in [3.8, 4) is 0 Å². The van der Waals surface area contributed by atoms with Gasteiger partial charge < -0.3 is 9.64 Å². The predicted molar refractivity (Wildman–Crippen MR) is 89.3 cm³/mol. The lowest BCUT2D eigenvalue weighted by molar-refractivity contribution is -0.145. The fraction of sp³-hybridized carbons (Fsp3) is 0.526. The first-order valence-electron chi connectivity index (χ1n) is 8.92. The van der Waals surface area contributed by atoms with Gasteiger partial charge in [0.2, 0.25) is 11.8 Å². The highest BCUT2D eigenvalue weighted by atomic mass is 16.6. The lowest BCUT2D eigenvalue weighted by atomic mass is 10.0. The third-order valence-corrected chi connectivity index (χ3v) is 5.49. The third-order valence-electron chi connectivity index (χ3n) is 5.49. The van der Waals surface area contributed by atoms with Gasteiger partial charge in [0.1, 0.15) is 6.61 Å². The smallest absolute Gasteiger partial charge is 0.410 e. The number of hydrogen-bond acceptors (Lipinski definition) is 4. The van der Waals surface area contributed by atoms with Crippen LogP contribution in [0.25, 0.3) is 0 Å². The molecule has 0 bridgehead atoms. The van der Waals surface area contributed by atoms with Crippen LogP contribution in [0.4, 0.5) is 4.79 Å². The van der Waals surface area contributed by atoms with E-state index in [-0.39, 0.29) is 42.3 Å². The van der Waals surface area contributed by atoms with Crippen LogP contribution >= 0.6 is 0 Å². The zero-order chi connectivity index (χ0) is 17.6. The average Bonchev–Trinajstić information content (AvgIpc) is 3.35. The summed E-state index contributed by atoms with van der Waals surface area (Å²) in [4.78, 5) is 40.6. The van der Waals surface area contributed by atoms with Crippen LogP contribution in [0, 0.1) is 11.8 Å². The van der Waals surface area contributed by atoms with Gasteiger partial charge in [0.15, 0.2) is 0 Å². The second-order valence-corrected chi connectivity index (χ2v) is 7.19. The molecular weight excluding hydrogens is 320 g/mol. The van der Waals surface area contributed by atoms with Crippen molar-refractivity contribution in [2.45, 2.75) is 44.9 Å². The highest BCUT2D eigenvalue weighted by Crippen LogP contribution is 2.40. The molecule has 132 valence electrons. The van der Waals surface area contributed by atoms with Gasteiger partial charge in [-0.2, -0.15) is 0 Å². The molecule has 6 nitrogen and oxygen atoms in total. The Balaban J connectivity index is 1.45. The zero-order valence-electron chi connectivity index (χ0n) is 14.3. The van der Waals surface area contributed by atoms with Gasteiger partial charge in [-0.1, -0.05) is 37.3 Å². The van der Waals surface area contributed by atoms with Gasteiger partial charge in [-0.25, -0.2) is 4.79 Å². The Hall–Kier alpha value is -2.37. The van der Waals surface area contributed by atoms with Gasteiger partial charge in [0.25, 0.3) is 0 Å². The number of nitrogens with zero attached hydrogens (tertiary/aromatic N) is 2. The van der Waals surface area contributed by atoms with Crippen molar-refractivity contribution in [1.29, 1.82) is 0 Å². The van der Waals surface area contributed by atoms with E-state index in [0.29, 0.717) is 13.0 Å². The number of ether oxygens (including phenoxy) is 1. The number of fused-ring (bicyclic) bond motifs is 1. The van der Waals surface area contributed by atoms with Crippen molar-refractivity contribution in [2.75, 3.05) is 6.54 Å². The maximum absolute atomic E-state index is 12.6. The molecular formula is C19H22N2O4. The average molecular weight is 342 g/mol. The maximum atomic E-state index is 12.6. The summed E-state index contributed by atoms with van der Waals surface area (Å²) in [5, 5.41) is 0. The Labute approximate surface area is 146 Å². The monoisotopic (exact) mass is 342 g/mol. The van der Waals surface area contributed by atoms with Crippen molar-refractivity contribution in [2.24, 2.45) is 11.8 Å². The number of carbonyl (C=O) groups is 3. The summed E-state index contributed by atoms with van der Waals surface area (Å²) in [5.74, 6) is -0.551. The molecule has 2 aliphatic heterocycles. The summed E-state index contributed by atoms with van der Waals surface area (Å²) < 4.78 is 5.43. The van der Waals surface area contributed by atoms with Crippen LogP contribution in [0.5, 0.6) is 0 Å². The number of likely N-dealkylation sites (tertiary alicyclic amines) is 2. The quantitative estimate of drug-likeness (QED) is 0.790. The molecule has 1 saturated carbocycles. The van der Waals surface area contributed by atoms with Crippen LogP contribution in [0.15, 0.2) is 30.3 Å². The first kappa shape index (κ1) is 16.1. The molecule has 0 unspecified atom stereocenters. The number of rotatable bonds is 3. The van der Waals surface area contributed by atoms with Crippen molar-refractivity contribution in [3.05, 3.63) is 35.9 Å². The van der Waals surface area contributed by atoms with Crippen molar-refractivity contribution < 1.29 is 19.1 Å². The van der Waals surface area contributed by atoms with Gasteiger partial charge in [0, 0.05) is 12.5 Å². The van der Waals surface area contributed by atoms with Crippen molar-refractivity contribution in [1.82, 2.24) is 9.80 Å². The summed E-state index contributed by atoms with van der Waals surface area (Å²) in [7, 11) is 0. The molecule has 3 fully saturated rings. The lowest BCUT2D eigenvalue weighted by Crippen LogP contribution is -2.43. The molecule has 4 rings (SSSR count). The van der Waals surface area contributed by atoms with Crippen LogP contribution in [0.2, 0.25) is 0 Å². The highest BCUT2D eigenvalue weighted by molar-refractivity contribution is 6.01. The fourth-order valence-electron chi connectivity index (χ4n) is 4.03. The van der Waals surface area contributed by atoms with E-state index in [0.717, 1.165) is 18.4 Å². The van der Waals surface area contributed by atoms with E-state index in [2.05, 4.69) is 0 Å². The third kappa shape index (κ3) is 2.79. The molecule has 1 aliphatic carbocycles. The summed E-state index contributed by atoms with van der Waals surface area (Å²) in [6.45, 7) is 2.54. The minimum Gasteiger partial charge on any atom is -0.445 e. The molecule has 2 heterocycles. The molecule has 0 aromatic heterocycles. The van der Waals surface area contributed by atoms with Crippen LogP contribution in [-0.2, 0) is 20.9 Å². The van der Waals surface area contributed by atoms with E-state index in [1.165, 1.54) is 4.90 Å². The SMILES string of the molecule is C[C@H]1C(=O)N(C(=O)C2CC2)[C@@H]2CCN(C(=O)OCc3ccccc3)[C@H]21. The van der Waals surface area contributed by atoms with Crippen LogP contribution < -0.4 is 0 Å². The Kier molecular flexibility index (Phi) is 3.98. The largest absolute Gasteiger partial charge is 0.445 e. The second kappa shape index (κ2) is 6.17. The second-order valence-electron chi connectivity index (χ2n) is 7.19. The van der Waals surface area contributed by atoms with Crippen LogP contribution in [-0.4, -0.2) is 46.3 Å². The van der Waals surface area contributed by atoms with Crippen LogP contribution in [0.1, 0.15) is 31.7 Å². The van der Waals surface area contributed by atoms with E-state index in [1.54, 1.807) is 4.90 Å². The van der Waals surface area contributed by atoms with Crippen molar-refractivity contribution >= 4 is 17.9 Å². The van der Waals surface area contributed by atoms with Crippen LogP contribution in [0.3, 0.4) is 0 Å². The van der Waals surface area contributed by atoms with E-state index in [1.807, 2.05) is 37.3 Å². The summed E-state index contributed by atoms with van der Waals surface area (Å²) in [6.07, 6.45) is 1.98. The normalized spacial score (nSPS) is 28.2. The van der Waals surface area contributed by atoms with Gasteiger partial charge >= 0.3 is 6.09 Å². The summed E-state index contributed by atoms with van der Waals surface area (Å²) >= 11 is 0. The molecule has 2 saturated heterocycles. The van der Waals surface area contributed by atoms with Crippen molar-refractivity contribution in [3.63, 3.8) is 0 Å². The molecule has 25 heavy (non-hydrogen) atoms. The highest BCUT2D eigenvalue weighted by Gasteiger charge is 2.56. The number of imide groups is 1. The van der Waals surface area contributed by atoms with E-state index < -0.39 is 6.09 Å². The summed E-state index contributed by atoms with van der Waals surface area (Å²) in [6, 6.07) is 9.05. The van der Waals surface area contributed by atoms with Gasteiger partial charge in [-0.15, -0.1) is 0 Å². The Morgan fingerprint density at radius 2 is 1.88 bits per heavy atom. The van der Waals surface area contributed by atoms with E-state index >= 15 is 0 Å². The predicted octanol–water partition coefficient (Wildman–Crippen LogP) is 2.18. The van der Waals surface area contributed by atoms with Gasteiger partial charge in [-0.05, 0) is 24.8 Å². The van der Waals surface area contributed by atoms with Gasteiger partial charge in [-0.3, -0.25) is 14.5 Å². The molecule has 6 heteroatoms. The molecule has 0 radical (unpaired) electrons. The molecule has 1 aromatic rings. The first-order chi connectivity index (χ1) is 12.1. The first-order valence-corrected chi connectivity index (χ1v) is 8.92.